The third-order valence-electron chi connectivity index (χ3n) is 2.86. The summed E-state index contributed by atoms with van der Waals surface area (Å²) in [7, 11) is 0. The van der Waals surface area contributed by atoms with Crippen molar-refractivity contribution >= 4 is 15.9 Å². The zero-order chi connectivity index (χ0) is 12.9. The van der Waals surface area contributed by atoms with Gasteiger partial charge >= 0.3 is 0 Å². The van der Waals surface area contributed by atoms with Gasteiger partial charge in [0, 0.05) is 17.6 Å². The van der Waals surface area contributed by atoms with Crippen molar-refractivity contribution in [1.82, 2.24) is 5.32 Å². The molecule has 1 rings (SSSR count). The van der Waals surface area contributed by atoms with Crippen LogP contribution < -0.4 is 5.32 Å². The van der Waals surface area contributed by atoms with Gasteiger partial charge in [-0.05, 0) is 37.5 Å². The molecule has 2 N–H and O–H groups in total. The Morgan fingerprint density at radius 1 is 1.41 bits per heavy atom. The first kappa shape index (κ1) is 14.7. The lowest BCUT2D eigenvalue weighted by Crippen LogP contribution is -2.37. The van der Waals surface area contributed by atoms with Gasteiger partial charge in [-0.2, -0.15) is 0 Å². The van der Waals surface area contributed by atoms with Crippen molar-refractivity contribution in [1.29, 1.82) is 0 Å². The SMILES string of the molecule is CCCC(C)(O)CNCc1ccc(C)c(Br)c1. The minimum atomic E-state index is -0.601. The van der Waals surface area contributed by atoms with Gasteiger partial charge in [0.2, 0.25) is 0 Å². The van der Waals surface area contributed by atoms with Crippen LogP contribution in [0.15, 0.2) is 22.7 Å². The molecule has 0 amide bonds. The fraction of sp³-hybridized carbons (Fsp3) is 0.571. The maximum absolute atomic E-state index is 10.0. The summed E-state index contributed by atoms with van der Waals surface area (Å²) in [5, 5.41) is 13.3. The van der Waals surface area contributed by atoms with Gasteiger partial charge in [0.05, 0.1) is 5.60 Å². The second-order valence-electron chi connectivity index (χ2n) is 4.93. The Labute approximate surface area is 113 Å². The molecule has 0 aromatic heterocycles. The fourth-order valence-corrected chi connectivity index (χ4v) is 2.28. The molecule has 3 heteroatoms. The normalized spacial score (nSPS) is 14.6. The molecule has 0 fully saturated rings. The first-order valence-corrected chi connectivity index (χ1v) is 6.92. The van der Waals surface area contributed by atoms with Crippen molar-refractivity contribution in [3.63, 3.8) is 0 Å². The topological polar surface area (TPSA) is 32.3 Å². The summed E-state index contributed by atoms with van der Waals surface area (Å²) in [6, 6.07) is 6.34. The van der Waals surface area contributed by atoms with Gasteiger partial charge < -0.3 is 10.4 Å². The van der Waals surface area contributed by atoms with Crippen LogP contribution in [0.3, 0.4) is 0 Å². The molecule has 96 valence electrons. The molecule has 0 saturated carbocycles. The van der Waals surface area contributed by atoms with Gasteiger partial charge in [0.1, 0.15) is 0 Å². The van der Waals surface area contributed by atoms with Crippen molar-refractivity contribution in [2.45, 2.75) is 45.8 Å². The number of nitrogens with one attached hydrogen (secondary N) is 1. The Morgan fingerprint density at radius 3 is 2.71 bits per heavy atom. The Hall–Kier alpha value is -0.380. The predicted molar refractivity (Wildman–Crippen MR) is 76.1 cm³/mol. The van der Waals surface area contributed by atoms with Crippen molar-refractivity contribution in [2.24, 2.45) is 0 Å². The molecule has 0 spiro atoms. The minimum Gasteiger partial charge on any atom is -0.389 e. The summed E-state index contributed by atoms with van der Waals surface area (Å²) in [6.07, 6.45) is 1.84. The number of hydrogen-bond donors (Lipinski definition) is 2. The number of aryl methyl sites for hydroxylation is 1. The van der Waals surface area contributed by atoms with Crippen molar-refractivity contribution in [3.05, 3.63) is 33.8 Å². The van der Waals surface area contributed by atoms with Gasteiger partial charge in [-0.25, -0.2) is 0 Å². The van der Waals surface area contributed by atoms with Crippen LogP contribution in [0, 0.1) is 6.92 Å². The predicted octanol–water partition coefficient (Wildman–Crippen LogP) is 3.40. The molecule has 0 aliphatic rings. The van der Waals surface area contributed by atoms with E-state index in [-0.39, 0.29) is 0 Å². The van der Waals surface area contributed by atoms with Crippen LogP contribution in [0.2, 0.25) is 0 Å². The molecular weight excluding hydrogens is 278 g/mol. The third-order valence-corrected chi connectivity index (χ3v) is 3.71. The van der Waals surface area contributed by atoms with E-state index in [0.717, 1.165) is 23.9 Å². The van der Waals surface area contributed by atoms with E-state index in [4.69, 9.17) is 0 Å². The highest BCUT2D eigenvalue weighted by molar-refractivity contribution is 9.10. The number of benzene rings is 1. The number of aliphatic hydroxyl groups is 1. The summed E-state index contributed by atoms with van der Waals surface area (Å²) in [6.45, 7) is 7.47. The third kappa shape index (κ3) is 5.19. The summed E-state index contributed by atoms with van der Waals surface area (Å²) in [5.74, 6) is 0. The van der Waals surface area contributed by atoms with E-state index in [9.17, 15) is 5.11 Å². The van der Waals surface area contributed by atoms with Gasteiger partial charge in [-0.1, -0.05) is 41.4 Å². The van der Waals surface area contributed by atoms with Crippen LogP contribution >= 0.6 is 15.9 Å². The molecule has 17 heavy (non-hydrogen) atoms. The van der Waals surface area contributed by atoms with Crippen molar-refractivity contribution in [2.75, 3.05) is 6.54 Å². The molecule has 1 aromatic rings. The Balaban J connectivity index is 2.43. The second-order valence-corrected chi connectivity index (χ2v) is 5.79. The number of hydrogen-bond acceptors (Lipinski definition) is 2. The van der Waals surface area contributed by atoms with E-state index in [0.29, 0.717) is 6.54 Å². The maximum Gasteiger partial charge on any atom is 0.0743 e. The summed E-state index contributed by atoms with van der Waals surface area (Å²) >= 11 is 3.53. The van der Waals surface area contributed by atoms with Crippen LogP contribution in [0.5, 0.6) is 0 Å². The second kappa shape index (κ2) is 6.53. The van der Waals surface area contributed by atoms with Gasteiger partial charge in [-0.3, -0.25) is 0 Å². The Morgan fingerprint density at radius 2 is 2.12 bits per heavy atom. The molecule has 1 aromatic carbocycles. The molecule has 1 unspecified atom stereocenters. The van der Waals surface area contributed by atoms with Crippen LogP contribution in [0.4, 0.5) is 0 Å². The quantitative estimate of drug-likeness (QED) is 0.844. The molecule has 0 bridgehead atoms. The molecule has 0 aliphatic heterocycles. The van der Waals surface area contributed by atoms with Gasteiger partial charge in [0.25, 0.3) is 0 Å². The molecule has 0 saturated heterocycles. The molecule has 0 radical (unpaired) electrons. The molecule has 0 heterocycles. The monoisotopic (exact) mass is 299 g/mol. The molecule has 1 atom stereocenters. The standard InChI is InChI=1S/C14H22BrNO/c1-4-7-14(3,17)10-16-9-12-6-5-11(2)13(15)8-12/h5-6,8,16-17H,4,7,9-10H2,1-3H3. The zero-order valence-corrected chi connectivity index (χ0v) is 12.5. The molecular formula is C14H22BrNO. The highest BCUT2D eigenvalue weighted by atomic mass is 79.9. The van der Waals surface area contributed by atoms with Crippen LogP contribution in [-0.2, 0) is 6.54 Å². The van der Waals surface area contributed by atoms with E-state index in [1.165, 1.54) is 11.1 Å². The van der Waals surface area contributed by atoms with Gasteiger partial charge in [0.15, 0.2) is 0 Å². The highest BCUT2D eigenvalue weighted by Gasteiger charge is 2.17. The lowest BCUT2D eigenvalue weighted by Gasteiger charge is -2.23. The number of rotatable bonds is 6. The van der Waals surface area contributed by atoms with E-state index in [2.05, 4.69) is 53.3 Å². The fourth-order valence-electron chi connectivity index (χ4n) is 1.85. The van der Waals surface area contributed by atoms with Crippen LogP contribution in [0.1, 0.15) is 37.8 Å². The average molecular weight is 300 g/mol. The lowest BCUT2D eigenvalue weighted by molar-refractivity contribution is 0.0498. The first-order valence-electron chi connectivity index (χ1n) is 6.13. The van der Waals surface area contributed by atoms with Crippen molar-refractivity contribution < 1.29 is 5.11 Å². The summed E-state index contributed by atoms with van der Waals surface area (Å²) in [4.78, 5) is 0. The Kier molecular flexibility index (Phi) is 5.63. The summed E-state index contributed by atoms with van der Waals surface area (Å²) < 4.78 is 1.14. The maximum atomic E-state index is 10.0. The summed E-state index contributed by atoms with van der Waals surface area (Å²) in [5.41, 5.74) is 1.87. The molecule has 2 nitrogen and oxygen atoms in total. The van der Waals surface area contributed by atoms with E-state index >= 15 is 0 Å². The smallest absolute Gasteiger partial charge is 0.0743 e. The van der Waals surface area contributed by atoms with Crippen molar-refractivity contribution in [3.8, 4) is 0 Å². The minimum absolute atomic E-state index is 0.601. The van der Waals surface area contributed by atoms with Gasteiger partial charge in [-0.15, -0.1) is 0 Å². The molecule has 0 aliphatic carbocycles. The first-order chi connectivity index (χ1) is 7.94. The average Bonchev–Trinajstić information content (AvgIpc) is 2.23. The van der Waals surface area contributed by atoms with Crippen LogP contribution in [-0.4, -0.2) is 17.3 Å². The zero-order valence-electron chi connectivity index (χ0n) is 10.9. The van der Waals surface area contributed by atoms with E-state index in [1.807, 2.05) is 6.92 Å². The van der Waals surface area contributed by atoms with E-state index in [1.54, 1.807) is 0 Å². The van der Waals surface area contributed by atoms with E-state index < -0.39 is 5.60 Å². The lowest BCUT2D eigenvalue weighted by atomic mass is 10.0. The Bertz CT molecular complexity index is 363. The van der Waals surface area contributed by atoms with Crippen LogP contribution in [0.25, 0.3) is 0 Å². The number of halogens is 1. The largest absolute Gasteiger partial charge is 0.389 e. The highest BCUT2D eigenvalue weighted by Crippen LogP contribution is 2.17.